The number of nitrogens with two attached hydrogens (primary N) is 1. The van der Waals surface area contributed by atoms with Gasteiger partial charge in [0.25, 0.3) is 0 Å². The Morgan fingerprint density at radius 3 is 2.67 bits per heavy atom. The van der Waals surface area contributed by atoms with Gasteiger partial charge in [0, 0.05) is 11.3 Å². The van der Waals surface area contributed by atoms with Crippen molar-refractivity contribution in [1.29, 1.82) is 0 Å². The first kappa shape index (κ1) is 5.75. The first-order valence-electron chi connectivity index (χ1n) is 2.52. The van der Waals surface area contributed by atoms with Crippen molar-refractivity contribution in [3.8, 4) is 0 Å². The van der Waals surface area contributed by atoms with Crippen LogP contribution in [-0.2, 0) is 0 Å². The van der Waals surface area contributed by atoms with E-state index in [-0.39, 0.29) is 0 Å². The van der Waals surface area contributed by atoms with Gasteiger partial charge in [0.2, 0.25) is 0 Å². The summed E-state index contributed by atoms with van der Waals surface area (Å²) in [4.78, 5) is 0. The predicted molar refractivity (Wildman–Crippen MR) is 35.3 cm³/mol. The van der Waals surface area contributed by atoms with Gasteiger partial charge in [-0.1, -0.05) is 6.58 Å². The van der Waals surface area contributed by atoms with Crippen LogP contribution < -0.4 is 5.73 Å². The summed E-state index contributed by atoms with van der Waals surface area (Å²) >= 11 is 0. The fourth-order valence-corrected chi connectivity index (χ4v) is 0.481. The highest BCUT2D eigenvalue weighted by molar-refractivity contribution is 5.58. The van der Waals surface area contributed by atoms with Gasteiger partial charge in [-0.25, -0.2) is 0 Å². The van der Waals surface area contributed by atoms with Crippen LogP contribution in [0.3, 0.4) is 0 Å². The van der Waals surface area contributed by atoms with E-state index in [0.717, 1.165) is 5.56 Å². The van der Waals surface area contributed by atoms with Crippen LogP contribution >= 0.6 is 0 Å². The molecule has 0 fully saturated rings. The molecule has 0 atom stereocenters. The molecule has 0 aliphatic rings. The summed E-state index contributed by atoms with van der Waals surface area (Å²) in [6.45, 7) is 3.54. The molecule has 0 spiro atoms. The van der Waals surface area contributed by atoms with E-state index in [4.69, 9.17) is 5.73 Å². The maximum atomic E-state index is 5.35. The van der Waals surface area contributed by atoms with Crippen LogP contribution in [0.2, 0.25) is 0 Å². The quantitative estimate of drug-likeness (QED) is 0.585. The molecule has 0 aromatic carbocycles. The molecule has 1 heterocycles. The highest BCUT2D eigenvalue weighted by atomic mass is 15.1. The van der Waals surface area contributed by atoms with E-state index >= 15 is 0 Å². The first-order chi connectivity index (χ1) is 4.30. The summed E-state index contributed by atoms with van der Waals surface area (Å²) in [7, 11) is 0. The van der Waals surface area contributed by atoms with Crippen LogP contribution in [0.5, 0.6) is 0 Å². The summed E-state index contributed by atoms with van der Waals surface area (Å²) in [6, 6.07) is 1.76. The highest BCUT2D eigenvalue weighted by Gasteiger charge is 1.88. The molecule has 0 radical (unpaired) electrons. The van der Waals surface area contributed by atoms with Crippen molar-refractivity contribution in [2.75, 3.05) is 0 Å². The number of hydrogen-bond acceptors (Lipinski definition) is 3. The number of aromatic nitrogens is 2. The third-order valence-corrected chi connectivity index (χ3v) is 0.955. The normalized spacial score (nSPS) is 8.89. The van der Waals surface area contributed by atoms with Crippen LogP contribution in [0.15, 0.2) is 25.0 Å². The minimum absolute atomic E-state index is 0.518. The van der Waals surface area contributed by atoms with Gasteiger partial charge in [0.1, 0.15) is 0 Å². The van der Waals surface area contributed by atoms with Crippen molar-refractivity contribution in [2.45, 2.75) is 0 Å². The molecular formula is C6H7N3. The Hall–Kier alpha value is -1.38. The van der Waals surface area contributed by atoms with Crippen LogP contribution in [-0.4, -0.2) is 10.2 Å². The first-order valence-corrected chi connectivity index (χ1v) is 2.52. The van der Waals surface area contributed by atoms with Crippen LogP contribution in [0.25, 0.3) is 5.70 Å². The van der Waals surface area contributed by atoms with E-state index in [1.54, 1.807) is 18.5 Å². The standard InChI is InChI=1S/C6H7N3/c1-5(7)6-2-3-8-9-4-6/h2-4H,1,7H2. The summed E-state index contributed by atoms with van der Waals surface area (Å²) in [5, 5.41) is 7.20. The molecule has 0 saturated heterocycles. The minimum atomic E-state index is 0.518. The van der Waals surface area contributed by atoms with Crippen LogP contribution in [0, 0.1) is 0 Å². The fraction of sp³-hybridized carbons (Fsp3) is 0. The van der Waals surface area contributed by atoms with Crippen molar-refractivity contribution in [3.63, 3.8) is 0 Å². The van der Waals surface area contributed by atoms with Crippen molar-refractivity contribution >= 4 is 5.70 Å². The maximum absolute atomic E-state index is 5.35. The molecule has 0 unspecified atom stereocenters. The van der Waals surface area contributed by atoms with Crippen molar-refractivity contribution in [2.24, 2.45) is 5.73 Å². The van der Waals surface area contributed by atoms with E-state index in [9.17, 15) is 0 Å². The lowest BCUT2D eigenvalue weighted by atomic mass is 10.3. The van der Waals surface area contributed by atoms with Gasteiger partial charge in [-0.05, 0) is 6.07 Å². The van der Waals surface area contributed by atoms with Crippen molar-refractivity contribution in [1.82, 2.24) is 10.2 Å². The Bertz CT molecular complexity index is 205. The van der Waals surface area contributed by atoms with Gasteiger partial charge in [-0.15, -0.1) is 0 Å². The Kier molecular flexibility index (Phi) is 1.44. The lowest BCUT2D eigenvalue weighted by Gasteiger charge is -1.93. The number of hydrogen-bond donors (Lipinski definition) is 1. The molecule has 0 saturated carbocycles. The maximum Gasteiger partial charge on any atom is 0.0589 e. The summed E-state index contributed by atoms with van der Waals surface area (Å²) in [5.74, 6) is 0. The van der Waals surface area contributed by atoms with E-state index in [1.165, 1.54) is 0 Å². The van der Waals surface area contributed by atoms with E-state index in [2.05, 4.69) is 16.8 Å². The molecule has 2 N–H and O–H groups in total. The molecular weight excluding hydrogens is 114 g/mol. The molecule has 9 heavy (non-hydrogen) atoms. The Morgan fingerprint density at radius 2 is 2.33 bits per heavy atom. The monoisotopic (exact) mass is 121 g/mol. The van der Waals surface area contributed by atoms with E-state index in [1.807, 2.05) is 0 Å². The smallest absolute Gasteiger partial charge is 0.0589 e. The molecule has 46 valence electrons. The summed E-state index contributed by atoms with van der Waals surface area (Å²) in [5.41, 5.74) is 6.69. The second kappa shape index (κ2) is 2.26. The van der Waals surface area contributed by atoms with Crippen molar-refractivity contribution in [3.05, 3.63) is 30.6 Å². The van der Waals surface area contributed by atoms with Gasteiger partial charge in [-0.3, -0.25) is 0 Å². The van der Waals surface area contributed by atoms with E-state index < -0.39 is 0 Å². The molecule has 0 aliphatic heterocycles. The molecule has 0 bridgehead atoms. The molecule has 3 nitrogen and oxygen atoms in total. The van der Waals surface area contributed by atoms with Gasteiger partial charge in [-0.2, -0.15) is 10.2 Å². The average Bonchev–Trinajstić information content (AvgIpc) is 1.90. The predicted octanol–water partition coefficient (Wildman–Crippen LogP) is 0.406. The summed E-state index contributed by atoms with van der Waals surface area (Å²) < 4.78 is 0. The topological polar surface area (TPSA) is 51.8 Å². The third kappa shape index (κ3) is 1.25. The van der Waals surface area contributed by atoms with Crippen LogP contribution in [0.4, 0.5) is 0 Å². The van der Waals surface area contributed by atoms with Gasteiger partial charge >= 0.3 is 0 Å². The zero-order valence-electron chi connectivity index (χ0n) is 4.91. The largest absolute Gasteiger partial charge is 0.399 e. The highest BCUT2D eigenvalue weighted by Crippen LogP contribution is 2.00. The Morgan fingerprint density at radius 1 is 1.56 bits per heavy atom. The number of nitrogens with zero attached hydrogens (tertiary/aromatic N) is 2. The zero-order chi connectivity index (χ0) is 6.69. The fourth-order valence-electron chi connectivity index (χ4n) is 0.481. The van der Waals surface area contributed by atoms with E-state index in [0.29, 0.717) is 5.70 Å². The second-order valence-corrected chi connectivity index (χ2v) is 1.66. The molecule has 1 rings (SSSR count). The van der Waals surface area contributed by atoms with Gasteiger partial charge < -0.3 is 5.73 Å². The van der Waals surface area contributed by atoms with Gasteiger partial charge in [0.15, 0.2) is 0 Å². The molecule has 0 aliphatic carbocycles. The molecule has 0 amide bonds. The molecule has 1 aromatic heterocycles. The summed E-state index contributed by atoms with van der Waals surface area (Å²) in [6.07, 6.45) is 3.15. The van der Waals surface area contributed by atoms with Gasteiger partial charge in [0.05, 0.1) is 12.4 Å². The molecule has 1 aromatic rings. The number of rotatable bonds is 1. The lowest BCUT2D eigenvalue weighted by Crippen LogP contribution is -1.94. The lowest BCUT2D eigenvalue weighted by molar-refractivity contribution is 1.02. The Labute approximate surface area is 53.2 Å². The SMILES string of the molecule is C=C(N)c1ccnnc1. The van der Waals surface area contributed by atoms with Crippen LogP contribution in [0.1, 0.15) is 5.56 Å². The average molecular weight is 121 g/mol. The minimum Gasteiger partial charge on any atom is -0.399 e. The Balaban J connectivity index is 2.98. The second-order valence-electron chi connectivity index (χ2n) is 1.66. The van der Waals surface area contributed by atoms with Crippen molar-refractivity contribution < 1.29 is 0 Å². The zero-order valence-corrected chi connectivity index (χ0v) is 4.91. The third-order valence-electron chi connectivity index (χ3n) is 0.955. The molecule has 3 heteroatoms.